The Kier molecular flexibility index (Phi) is 6.21. The van der Waals surface area contributed by atoms with Gasteiger partial charge < -0.3 is 39.4 Å². The third kappa shape index (κ3) is 4.73. The van der Waals surface area contributed by atoms with E-state index in [1.165, 1.54) is 4.57 Å². The maximum Gasteiger partial charge on any atom is 0.350 e. The van der Waals surface area contributed by atoms with Crippen molar-refractivity contribution in [1.82, 2.24) is 14.5 Å². The molecule has 1 saturated heterocycles. The second-order valence-corrected chi connectivity index (χ2v) is 8.57. The second-order valence-electron chi connectivity index (χ2n) is 6.98. The molecule has 1 aliphatic heterocycles. The SMILES string of the molecule is CC(C)Nc1nc(C#N)nc2c1ccn2[C@@H]1O[C@H](COCP(=O)(O)O)[C@@H](O)[C@H]1O. The molecule has 5 N–H and O–H groups in total. The number of hydrogen-bond donors (Lipinski definition) is 5. The number of aliphatic hydroxyl groups is 2. The van der Waals surface area contributed by atoms with Gasteiger partial charge in [-0.15, -0.1) is 0 Å². The van der Waals surface area contributed by atoms with Gasteiger partial charge in [-0.2, -0.15) is 5.26 Å². The van der Waals surface area contributed by atoms with Crippen molar-refractivity contribution in [3.63, 3.8) is 0 Å². The average Bonchev–Trinajstić information content (AvgIpc) is 3.16. The van der Waals surface area contributed by atoms with Gasteiger partial charge in [-0.3, -0.25) is 4.57 Å². The number of aromatic nitrogens is 3. The topological polar surface area (TPSA) is 183 Å². The number of rotatable bonds is 7. The number of nitriles is 1. The minimum Gasteiger partial charge on any atom is -0.387 e. The van der Waals surface area contributed by atoms with E-state index in [0.717, 1.165) is 0 Å². The van der Waals surface area contributed by atoms with Crippen molar-refractivity contribution in [2.45, 2.75) is 44.4 Å². The predicted octanol–water partition coefficient (Wildman–Crippen LogP) is -0.106. The molecule has 29 heavy (non-hydrogen) atoms. The van der Waals surface area contributed by atoms with Gasteiger partial charge in [0.2, 0.25) is 5.82 Å². The van der Waals surface area contributed by atoms with Gasteiger partial charge >= 0.3 is 7.60 Å². The Morgan fingerprint density at radius 1 is 1.38 bits per heavy atom. The van der Waals surface area contributed by atoms with Gasteiger partial charge in [-0.25, -0.2) is 9.97 Å². The third-order valence-electron chi connectivity index (χ3n) is 4.25. The van der Waals surface area contributed by atoms with Gasteiger partial charge in [-0.05, 0) is 19.9 Å². The molecular weight excluding hydrogens is 405 g/mol. The number of hydrogen-bond acceptors (Lipinski definition) is 9. The van der Waals surface area contributed by atoms with Gasteiger partial charge in [0.15, 0.2) is 6.23 Å². The standard InChI is InChI=1S/C16H22N5O7P/c1-8(2)18-14-9-3-4-21(15(9)20-11(5-17)19-14)16-13(23)12(22)10(28-16)6-27-7-29(24,25)26/h3-4,8,10,12-13,16,22-23H,6-7H2,1-2H3,(H,18,19,20)(H2,24,25,26)/t10-,12-,13-,16-/m1/s1. The highest BCUT2D eigenvalue weighted by Crippen LogP contribution is 2.36. The lowest BCUT2D eigenvalue weighted by molar-refractivity contribution is -0.0610. The van der Waals surface area contributed by atoms with E-state index in [2.05, 4.69) is 15.3 Å². The van der Waals surface area contributed by atoms with Gasteiger partial charge in [0, 0.05) is 12.2 Å². The molecule has 1 aliphatic rings. The maximum absolute atomic E-state index is 10.9. The van der Waals surface area contributed by atoms with Crippen LogP contribution in [0.5, 0.6) is 0 Å². The third-order valence-corrected chi connectivity index (χ3v) is 4.77. The Bertz CT molecular complexity index is 968. The first-order chi connectivity index (χ1) is 13.6. The lowest BCUT2D eigenvalue weighted by Gasteiger charge is -2.18. The summed E-state index contributed by atoms with van der Waals surface area (Å²) in [6.07, 6.45) is -3.98. The Balaban J connectivity index is 1.88. The van der Waals surface area contributed by atoms with Crippen LogP contribution in [0.3, 0.4) is 0 Å². The first kappa shape index (κ1) is 21.6. The van der Waals surface area contributed by atoms with Gasteiger partial charge in [-0.1, -0.05) is 0 Å². The molecule has 3 heterocycles. The van der Waals surface area contributed by atoms with E-state index in [1.807, 2.05) is 19.9 Å². The van der Waals surface area contributed by atoms with Crippen LogP contribution in [-0.4, -0.2) is 71.8 Å². The predicted molar refractivity (Wildman–Crippen MR) is 99.8 cm³/mol. The summed E-state index contributed by atoms with van der Waals surface area (Å²) in [6, 6.07) is 3.63. The lowest BCUT2D eigenvalue weighted by atomic mass is 10.1. The summed E-state index contributed by atoms with van der Waals surface area (Å²) in [5, 5.41) is 33.6. The van der Waals surface area contributed by atoms with Crippen LogP contribution in [0.2, 0.25) is 0 Å². The molecule has 13 heteroatoms. The average molecular weight is 427 g/mol. The fourth-order valence-electron chi connectivity index (χ4n) is 3.06. The van der Waals surface area contributed by atoms with Crippen molar-refractivity contribution in [1.29, 1.82) is 5.26 Å². The summed E-state index contributed by atoms with van der Waals surface area (Å²) in [7, 11) is -4.36. The first-order valence-electron chi connectivity index (χ1n) is 8.80. The molecule has 4 atom stereocenters. The smallest absolute Gasteiger partial charge is 0.350 e. The number of fused-ring (bicyclic) bond motifs is 1. The summed E-state index contributed by atoms with van der Waals surface area (Å²) < 4.78 is 22.9. The normalized spacial score (nSPS) is 24.9. The van der Waals surface area contributed by atoms with Crippen LogP contribution in [0.25, 0.3) is 11.0 Å². The minimum absolute atomic E-state index is 0.0497. The van der Waals surface area contributed by atoms with E-state index in [4.69, 9.17) is 19.3 Å². The summed E-state index contributed by atoms with van der Waals surface area (Å²) in [5.41, 5.74) is 0.327. The minimum atomic E-state index is -4.36. The fraction of sp³-hybridized carbons (Fsp3) is 0.562. The number of ether oxygens (including phenoxy) is 2. The fourth-order valence-corrected chi connectivity index (χ4v) is 3.40. The first-order valence-corrected chi connectivity index (χ1v) is 10.6. The highest BCUT2D eigenvalue weighted by molar-refractivity contribution is 7.51. The van der Waals surface area contributed by atoms with Crippen molar-refractivity contribution in [2.75, 3.05) is 18.3 Å². The van der Waals surface area contributed by atoms with Crippen LogP contribution < -0.4 is 5.32 Å². The molecular formula is C16H22N5O7P. The molecule has 12 nitrogen and oxygen atoms in total. The number of aliphatic hydroxyl groups excluding tert-OH is 2. The van der Waals surface area contributed by atoms with E-state index < -0.39 is 38.5 Å². The summed E-state index contributed by atoms with van der Waals surface area (Å²) in [4.78, 5) is 26.1. The van der Waals surface area contributed by atoms with Crippen molar-refractivity contribution in [2.24, 2.45) is 0 Å². The largest absolute Gasteiger partial charge is 0.387 e. The van der Waals surface area contributed by atoms with Crippen LogP contribution in [-0.2, 0) is 14.0 Å². The zero-order chi connectivity index (χ0) is 21.3. The summed E-state index contributed by atoms with van der Waals surface area (Å²) in [6.45, 7) is 3.51. The number of nitrogens with zero attached hydrogens (tertiary/aromatic N) is 4. The molecule has 2 aromatic heterocycles. The monoisotopic (exact) mass is 427 g/mol. The zero-order valence-corrected chi connectivity index (χ0v) is 16.6. The Labute approximate surface area is 165 Å². The van der Waals surface area contributed by atoms with Crippen LogP contribution >= 0.6 is 7.60 Å². The van der Waals surface area contributed by atoms with Crippen molar-refractivity contribution in [3.8, 4) is 6.07 Å². The molecule has 0 amide bonds. The van der Waals surface area contributed by atoms with E-state index in [0.29, 0.717) is 16.9 Å². The Morgan fingerprint density at radius 3 is 2.72 bits per heavy atom. The molecule has 0 spiro atoms. The zero-order valence-electron chi connectivity index (χ0n) is 15.7. The molecule has 0 saturated carbocycles. The number of nitrogens with one attached hydrogen (secondary N) is 1. The lowest BCUT2D eigenvalue weighted by Crippen LogP contribution is -2.33. The molecule has 158 valence electrons. The molecule has 0 radical (unpaired) electrons. The van der Waals surface area contributed by atoms with Crippen LogP contribution in [0.4, 0.5) is 5.82 Å². The van der Waals surface area contributed by atoms with Crippen LogP contribution in [0, 0.1) is 11.3 Å². The maximum atomic E-state index is 10.9. The summed E-state index contributed by atoms with van der Waals surface area (Å²) in [5.74, 6) is 0.380. The molecule has 0 bridgehead atoms. The van der Waals surface area contributed by atoms with E-state index in [-0.39, 0.29) is 18.5 Å². The summed E-state index contributed by atoms with van der Waals surface area (Å²) >= 11 is 0. The Morgan fingerprint density at radius 2 is 2.10 bits per heavy atom. The molecule has 3 rings (SSSR count). The van der Waals surface area contributed by atoms with E-state index >= 15 is 0 Å². The Hall–Kier alpha value is -2.10. The van der Waals surface area contributed by atoms with Gasteiger partial charge in [0.05, 0.1) is 12.0 Å². The molecule has 1 fully saturated rings. The number of anilines is 1. The highest BCUT2D eigenvalue weighted by Gasteiger charge is 2.44. The van der Waals surface area contributed by atoms with Crippen LogP contribution in [0.15, 0.2) is 12.3 Å². The van der Waals surface area contributed by atoms with Gasteiger partial charge in [0.25, 0.3) is 0 Å². The van der Waals surface area contributed by atoms with Gasteiger partial charge in [0.1, 0.15) is 42.2 Å². The van der Waals surface area contributed by atoms with Crippen molar-refractivity contribution in [3.05, 3.63) is 18.1 Å². The van der Waals surface area contributed by atoms with Crippen molar-refractivity contribution < 1.29 is 34.0 Å². The highest BCUT2D eigenvalue weighted by atomic mass is 31.2. The van der Waals surface area contributed by atoms with Crippen molar-refractivity contribution >= 4 is 24.4 Å². The van der Waals surface area contributed by atoms with Crippen LogP contribution in [0.1, 0.15) is 25.9 Å². The molecule has 0 aliphatic carbocycles. The quantitative estimate of drug-likeness (QED) is 0.372. The van der Waals surface area contributed by atoms with E-state index in [9.17, 15) is 20.0 Å². The second kappa shape index (κ2) is 8.33. The molecule has 0 aromatic carbocycles. The molecule has 2 aromatic rings. The molecule has 0 unspecified atom stereocenters. The van der Waals surface area contributed by atoms with E-state index in [1.54, 1.807) is 12.3 Å².